The van der Waals surface area contributed by atoms with Gasteiger partial charge in [-0.15, -0.1) is 0 Å². The molecule has 20 heavy (non-hydrogen) atoms. The zero-order valence-corrected chi connectivity index (χ0v) is 12.7. The number of para-hydroxylation sites is 1. The third kappa shape index (κ3) is 7.48. The first-order chi connectivity index (χ1) is 9.88. The molecule has 4 nitrogen and oxygen atoms in total. The third-order valence-corrected chi connectivity index (χ3v) is 2.74. The van der Waals surface area contributed by atoms with E-state index in [1.165, 1.54) is 5.56 Å². The predicted molar refractivity (Wildman–Crippen MR) is 81.2 cm³/mol. The van der Waals surface area contributed by atoms with Crippen molar-refractivity contribution in [3.8, 4) is 5.75 Å². The Morgan fingerprint density at radius 3 is 2.35 bits per heavy atom. The van der Waals surface area contributed by atoms with Crippen molar-refractivity contribution in [2.45, 2.75) is 26.8 Å². The van der Waals surface area contributed by atoms with Crippen LogP contribution in [0.5, 0.6) is 5.75 Å². The van der Waals surface area contributed by atoms with E-state index >= 15 is 0 Å². The highest BCUT2D eigenvalue weighted by Gasteiger charge is 2.01. The summed E-state index contributed by atoms with van der Waals surface area (Å²) in [6.45, 7) is 9.22. The van der Waals surface area contributed by atoms with Crippen molar-refractivity contribution >= 4 is 0 Å². The number of hydrogen-bond donors (Lipinski definition) is 1. The molecule has 0 heterocycles. The van der Waals surface area contributed by atoms with Crippen molar-refractivity contribution in [1.29, 1.82) is 0 Å². The second-order valence-corrected chi connectivity index (χ2v) is 4.46. The van der Waals surface area contributed by atoms with Gasteiger partial charge in [-0.05, 0) is 19.0 Å². The van der Waals surface area contributed by atoms with E-state index in [1.807, 2.05) is 18.2 Å². The van der Waals surface area contributed by atoms with Gasteiger partial charge in [-0.2, -0.15) is 0 Å². The van der Waals surface area contributed by atoms with Gasteiger partial charge < -0.3 is 19.5 Å². The van der Waals surface area contributed by atoms with E-state index < -0.39 is 0 Å². The van der Waals surface area contributed by atoms with Crippen LogP contribution in [0.3, 0.4) is 0 Å². The van der Waals surface area contributed by atoms with E-state index in [-0.39, 0.29) is 0 Å². The zero-order valence-electron chi connectivity index (χ0n) is 12.7. The summed E-state index contributed by atoms with van der Waals surface area (Å²) in [7, 11) is 0. The lowest BCUT2D eigenvalue weighted by Crippen LogP contribution is -2.14. The molecule has 0 aliphatic heterocycles. The van der Waals surface area contributed by atoms with Crippen LogP contribution in [0, 0.1) is 0 Å². The van der Waals surface area contributed by atoms with Gasteiger partial charge in [0.05, 0.1) is 19.8 Å². The van der Waals surface area contributed by atoms with Crippen LogP contribution < -0.4 is 10.1 Å². The highest BCUT2D eigenvalue weighted by Crippen LogP contribution is 2.17. The van der Waals surface area contributed by atoms with E-state index in [9.17, 15) is 0 Å². The van der Waals surface area contributed by atoms with Crippen molar-refractivity contribution in [2.24, 2.45) is 0 Å². The molecule has 0 aromatic heterocycles. The minimum absolute atomic E-state index is 0.566. The average Bonchev–Trinajstić information content (AvgIpc) is 2.49. The molecule has 0 atom stereocenters. The summed E-state index contributed by atoms with van der Waals surface area (Å²) in [6.07, 6.45) is 1.05. The van der Waals surface area contributed by atoms with Gasteiger partial charge in [-0.25, -0.2) is 0 Å². The Labute approximate surface area is 122 Å². The molecule has 1 rings (SSSR count). The Balaban J connectivity index is 2.15. The minimum Gasteiger partial charge on any atom is -0.491 e. The number of rotatable bonds is 12. The Bertz CT molecular complexity index is 344. The number of ether oxygens (including phenoxy) is 3. The maximum atomic E-state index is 5.76. The summed E-state index contributed by atoms with van der Waals surface area (Å²) in [5.74, 6) is 0.930. The summed E-state index contributed by atoms with van der Waals surface area (Å²) >= 11 is 0. The van der Waals surface area contributed by atoms with Crippen LogP contribution >= 0.6 is 0 Å². The molecule has 0 radical (unpaired) electrons. The number of hydrogen-bond acceptors (Lipinski definition) is 4. The van der Waals surface area contributed by atoms with E-state index in [2.05, 4.69) is 25.2 Å². The van der Waals surface area contributed by atoms with Crippen LogP contribution in [0.4, 0.5) is 0 Å². The Kier molecular flexibility index (Phi) is 9.92. The zero-order chi connectivity index (χ0) is 14.5. The van der Waals surface area contributed by atoms with Gasteiger partial charge in [0.1, 0.15) is 12.4 Å². The lowest BCUT2D eigenvalue weighted by Gasteiger charge is -2.12. The fourth-order valence-electron chi connectivity index (χ4n) is 1.73. The smallest absolute Gasteiger partial charge is 0.123 e. The Morgan fingerprint density at radius 1 is 0.900 bits per heavy atom. The molecule has 0 amide bonds. The lowest BCUT2D eigenvalue weighted by molar-refractivity contribution is 0.0365. The molecule has 0 fully saturated rings. The average molecular weight is 281 g/mol. The van der Waals surface area contributed by atoms with Crippen LogP contribution in [0.25, 0.3) is 0 Å². The molecule has 0 bridgehead atoms. The molecule has 1 N–H and O–H groups in total. The Hall–Kier alpha value is -1.10. The van der Waals surface area contributed by atoms with Crippen LogP contribution in [0.2, 0.25) is 0 Å². The molecule has 0 unspecified atom stereocenters. The van der Waals surface area contributed by atoms with Gasteiger partial charge in [-0.1, -0.05) is 32.0 Å². The van der Waals surface area contributed by atoms with Crippen LogP contribution in [0.1, 0.15) is 25.8 Å². The molecule has 1 aromatic rings. The maximum Gasteiger partial charge on any atom is 0.123 e. The van der Waals surface area contributed by atoms with Crippen molar-refractivity contribution < 1.29 is 14.2 Å². The maximum absolute atomic E-state index is 5.76. The first kappa shape index (κ1) is 17.0. The van der Waals surface area contributed by atoms with E-state index in [1.54, 1.807) is 0 Å². The van der Waals surface area contributed by atoms with E-state index in [4.69, 9.17) is 14.2 Å². The largest absolute Gasteiger partial charge is 0.491 e. The summed E-state index contributed by atoms with van der Waals surface area (Å²) in [6, 6.07) is 8.10. The second kappa shape index (κ2) is 11.7. The first-order valence-electron chi connectivity index (χ1n) is 7.45. The normalized spacial score (nSPS) is 10.7. The molecule has 114 valence electrons. The molecule has 1 aromatic carbocycles. The first-order valence-corrected chi connectivity index (χ1v) is 7.45. The number of benzene rings is 1. The highest BCUT2D eigenvalue weighted by molar-refractivity contribution is 5.33. The van der Waals surface area contributed by atoms with Crippen LogP contribution in [-0.4, -0.2) is 39.6 Å². The van der Waals surface area contributed by atoms with Gasteiger partial charge in [0.25, 0.3) is 0 Å². The summed E-state index contributed by atoms with van der Waals surface area (Å²) in [5, 5.41) is 3.31. The van der Waals surface area contributed by atoms with Gasteiger partial charge in [0.15, 0.2) is 0 Å². The van der Waals surface area contributed by atoms with Crippen molar-refractivity contribution in [2.75, 3.05) is 39.6 Å². The van der Waals surface area contributed by atoms with E-state index in [0.717, 1.165) is 31.9 Å². The van der Waals surface area contributed by atoms with Crippen molar-refractivity contribution in [3.63, 3.8) is 0 Å². The third-order valence-electron chi connectivity index (χ3n) is 2.74. The minimum atomic E-state index is 0.566. The molecular weight excluding hydrogens is 254 g/mol. The molecule has 4 heteroatoms. The standard InChI is InChI=1S/C16H27NO3/c1-3-9-18-10-11-19-12-13-20-16-8-6-5-7-15(16)14-17-4-2/h5-8,17H,3-4,9-14H2,1-2H3. The van der Waals surface area contributed by atoms with Gasteiger partial charge >= 0.3 is 0 Å². The fourth-order valence-corrected chi connectivity index (χ4v) is 1.73. The lowest BCUT2D eigenvalue weighted by atomic mass is 10.2. The van der Waals surface area contributed by atoms with Gasteiger partial charge in [0, 0.05) is 18.7 Å². The fraction of sp³-hybridized carbons (Fsp3) is 0.625. The quantitative estimate of drug-likeness (QED) is 0.598. The molecule has 0 saturated carbocycles. The molecular formula is C16H27NO3. The van der Waals surface area contributed by atoms with Crippen LogP contribution in [-0.2, 0) is 16.0 Å². The topological polar surface area (TPSA) is 39.7 Å². The molecule has 0 aliphatic carbocycles. The van der Waals surface area contributed by atoms with E-state index in [0.29, 0.717) is 26.4 Å². The van der Waals surface area contributed by atoms with Gasteiger partial charge in [-0.3, -0.25) is 0 Å². The van der Waals surface area contributed by atoms with Crippen molar-refractivity contribution in [1.82, 2.24) is 5.32 Å². The number of nitrogens with one attached hydrogen (secondary N) is 1. The Morgan fingerprint density at radius 2 is 1.60 bits per heavy atom. The summed E-state index contributed by atoms with van der Waals surface area (Å²) < 4.78 is 16.6. The highest BCUT2D eigenvalue weighted by atomic mass is 16.5. The van der Waals surface area contributed by atoms with Gasteiger partial charge in [0.2, 0.25) is 0 Å². The van der Waals surface area contributed by atoms with Crippen molar-refractivity contribution in [3.05, 3.63) is 29.8 Å². The molecule has 0 spiro atoms. The summed E-state index contributed by atoms with van der Waals surface area (Å²) in [5.41, 5.74) is 1.18. The summed E-state index contributed by atoms with van der Waals surface area (Å²) in [4.78, 5) is 0. The second-order valence-electron chi connectivity index (χ2n) is 4.46. The SMILES string of the molecule is CCCOCCOCCOc1ccccc1CNCC. The predicted octanol–water partition coefficient (Wildman–Crippen LogP) is 2.62. The monoisotopic (exact) mass is 281 g/mol. The molecule has 0 aliphatic rings. The van der Waals surface area contributed by atoms with Crippen LogP contribution in [0.15, 0.2) is 24.3 Å². The molecule has 0 saturated heterocycles.